The number of sulfone groups is 1. The predicted molar refractivity (Wildman–Crippen MR) is 144 cm³/mol. The summed E-state index contributed by atoms with van der Waals surface area (Å²) in [5, 5.41) is 20.0. The van der Waals surface area contributed by atoms with Gasteiger partial charge in [-0.05, 0) is 38.1 Å². The van der Waals surface area contributed by atoms with E-state index in [1.165, 1.54) is 19.4 Å². The van der Waals surface area contributed by atoms with Crippen LogP contribution in [0.5, 0.6) is 5.75 Å². The van der Waals surface area contributed by atoms with Gasteiger partial charge in [-0.15, -0.1) is 0 Å². The largest absolute Gasteiger partial charge is 0.494 e. The van der Waals surface area contributed by atoms with Crippen LogP contribution in [0.15, 0.2) is 53.6 Å². The van der Waals surface area contributed by atoms with Gasteiger partial charge in [-0.3, -0.25) is 4.79 Å². The highest BCUT2D eigenvalue weighted by Crippen LogP contribution is 2.33. The molecule has 0 saturated heterocycles. The van der Waals surface area contributed by atoms with E-state index in [2.05, 4.69) is 31.2 Å². The summed E-state index contributed by atoms with van der Waals surface area (Å²) in [5.41, 5.74) is 1.38. The van der Waals surface area contributed by atoms with Crippen molar-refractivity contribution in [1.29, 1.82) is 0 Å². The number of aliphatic hydroxyl groups is 1. The third kappa shape index (κ3) is 7.29. The molecule has 2 aromatic carbocycles. The van der Waals surface area contributed by atoms with Crippen molar-refractivity contribution in [2.45, 2.75) is 24.0 Å². The maximum Gasteiger partial charge on any atom is 0.238 e. The van der Waals surface area contributed by atoms with Crippen LogP contribution in [0.3, 0.4) is 0 Å². The fourth-order valence-electron chi connectivity index (χ4n) is 3.19. The average molecular weight is 549 g/mol. The molecule has 0 spiro atoms. The average Bonchev–Trinajstić information content (AvgIpc) is 2.87. The van der Waals surface area contributed by atoms with Crippen molar-refractivity contribution < 1.29 is 23.1 Å². The Kier molecular flexibility index (Phi) is 9.64. The topological polar surface area (TPSA) is 155 Å². The maximum absolute atomic E-state index is 12.8. The van der Waals surface area contributed by atoms with Crippen LogP contribution in [-0.4, -0.2) is 61.5 Å². The second-order valence-electron chi connectivity index (χ2n) is 8.09. The van der Waals surface area contributed by atoms with Gasteiger partial charge in [-0.1, -0.05) is 23.7 Å². The van der Waals surface area contributed by atoms with Gasteiger partial charge in [0, 0.05) is 18.3 Å². The Bertz CT molecular complexity index is 1350. The van der Waals surface area contributed by atoms with Crippen LogP contribution in [0, 0.1) is 0 Å². The number of aliphatic hydroxyl groups excluding tert-OH is 1. The van der Waals surface area contributed by atoms with Gasteiger partial charge >= 0.3 is 0 Å². The number of halogens is 1. The number of carbonyl (C=O) groups excluding carboxylic acids is 1. The fraction of sp³-hybridized carbons (Fsp3) is 0.292. The number of nitrogens with one attached hydrogen (secondary N) is 4. The second kappa shape index (κ2) is 12.7. The molecule has 0 atom stereocenters. The Morgan fingerprint density at radius 3 is 2.59 bits per heavy atom. The Morgan fingerprint density at radius 1 is 1.14 bits per heavy atom. The molecule has 0 radical (unpaired) electrons. The molecule has 0 aliphatic heterocycles. The van der Waals surface area contributed by atoms with E-state index >= 15 is 0 Å². The highest BCUT2D eigenvalue weighted by molar-refractivity contribution is 7.92. The number of benzene rings is 2. The molecule has 5 N–H and O–H groups in total. The summed E-state index contributed by atoms with van der Waals surface area (Å²) in [5.74, 6) is 0.540. The summed E-state index contributed by atoms with van der Waals surface area (Å²) < 4.78 is 31.0. The molecule has 13 heteroatoms. The molecule has 0 bridgehead atoms. The predicted octanol–water partition coefficient (Wildman–Crippen LogP) is 3.33. The van der Waals surface area contributed by atoms with Crippen molar-refractivity contribution in [2.75, 3.05) is 42.8 Å². The number of ether oxygens (including phenoxy) is 1. The van der Waals surface area contributed by atoms with Gasteiger partial charge in [0.25, 0.3) is 0 Å². The summed E-state index contributed by atoms with van der Waals surface area (Å²) in [6.45, 7) is 3.54. The second-order valence-corrected chi connectivity index (χ2v) is 11.0. The first kappa shape index (κ1) is 28.1. The van der Waals surface area contributed by atoms with E-state index in [1.807, 2.05) is 0 Å². The van der Waals surface area contributed by atoms with Crippen molar-refractivity contribution >= 4 is 56.2 Å². The van der Waals surface area contributed by atoms with Crippen molar-refractivity contribution in [2.24, 2.45) is 0 Å². The standard InChI is InChI=1S/C24H29ClN6O5S/c1-15(2)37(34,35)21-7-5-4-6-19(21)29-23-17(25)13-27-24(31-23)30-18-9-8-16(12-20(18)36-3)28-22(33)14-26-10-11-32/h4-9,12-13,15,26,32H,10-11,14H2,1-3H3,(H,28,33)(H2,27,29,30,31). The Labute approximate surface area is 220 Å². The van der Waals surface area contributed by atoms with Crippen LogP contribution in [0.25, 0.3) is 0 Å². The molecule has 0 unspecified atom stereocenters. The molecular formula is C24H29ClN6O5S. The lowest BCUT2D eigenvalue weighted by Crippen LogP contribution is -2.29. The Balaban J connectivity index is 1.81. The molecule has 0 saturated carbocycles. The molecular weight excluding hydrogens is 520 g/mol. The van der Waals surface area contributed by atoms with Gasteiger partial charge < -0.3 is 31.1 Å². The van der Waals surface area contributed by atoms with Gasteiger partial charge in [0.15, 0.2) is 15.7 Å². The number of rotatable bonds is 12. The fourth-order valence-corrected chi connectivity index (χ4v) is 4.53. The molecule has 0 aliphatic rings. The van der Waals surface area contributed by atoms with Crippen LogP contribution in [0.1, 0.15) is 13.8 Å². The third-order valence-corrected chi connectivity index (χ3v) is 7.60. The van der Waals surface area contributed by atoms with Crippen molar-refractivity contribution in [3.8, 4) is 5.75 Å². The number of para-hydroxylation sites is 1. The van der Waals surface area contributed by atoms with Crippen LogP contribution in [0.2, 0.25) is 5.02 Å². The van der Waals surface area contributed by atoms with E-state index in [9.17, 15) is 13.2 Å². The lowest BCUT2D eigenvalue weighted by atomic mass is 10.2. The zero-order chi connectivity index (χ0) is 27.0. The minimum atomic E-state index is -3.55. The molecule has 0 fully saturated rings. The zero-order valence-corrected chi connectivity index (χ0v) is 22.2. The van der Waals surface area contributed by atoms with E-state index in [1.54, 1.807) is 50.2 Å². The lowest BCUT2D eigenvalue weighted by Gasteiger charge is -2.16. The van der Waals surface area contributed by atoms with Gasteiger partial charge in [0.2, 0.25) is 11.9 Å². The summed E-state index contributed by atoms with van der Waals surface area (Å²) in [7, 11) is -2.07. The number of methoxy groups -OCH3 is 1. The molecule has 3 rings (SSSR count). The number of nitrogens with zero attached hydrogens (tertiary/aromatic N) is 2. The number of hydrogen-bond acceptors (Lipinski definition) is 10. The van der Waals surface area contributed by atoms with Gasteiger partial charge in [-0.2, -0.15) is 4.98 Å². The lowest BCUT2D eigenvalue weighted by molar-refractivity contribution is -0.115. The van der Waals surface area contributed by atoms with E-state index in [0.29, 0.717) is 29.4 Å². The van der Waals surface area contributed by atoms with E-state index in [-0.39, 0.29) is 40.7 Å². The molecule has 3 aromatic rings. The molecule has 1 heterocycles. The minimum absolute atomic E-state index is 0.0544. The van der Waals surface area contributed by atoms with Crippen LogP contribution >= 0.6 is 11.6 Å². The molecule has 37 heavy (non-hydrogen) atoms. The number of aromatic nitrogens is 2. The number of carbonyl (C=O) groups is 1. The summed E-state index contributed by atoms with van der Waals surface area (Å²) in [6, 6.07) is 11.5. The quantitative estimate of drug-likeness (QED) is 0.213. The number of amides is 1. The molecule has 198 valence electrons. The summed E-state index contributed by atoms with van der Waals surface area (Å²) in [4.78, 5) is 20.8. The van der Waals surface area contributed by atoms with E-state index < -0.39 is 15.1 Å². The SMILES string of the molecule is COc1cc(NC(=O)CNCCO)ccc1Nc1ncc(Cl)c(Nc2ccccc2S(=O)(=O)C(C)C)n1. The molecule has 1 aromatic heterocycles. The van der Waals surface area contributed by atoms with Crippen molar-refractivity contribution in [3.05, 3.63) is 53.7 Å². The minimum Gasteiger partial charge on any atom is -0.494 e. The Hall–Kier alpha value is -3.45. The van der Waals surface area contributed by atoms with Crippen LogP contribution in [0.4, 0.5) is 28.8 Å². The van der Waals surface area contributed by atoms with Crippen LogP contribution < -0.4 is 26.0 Å². The normalized spacial score (nSPS) is 11.3. The van der Waals surface area contributed by atoms with Crippen LogP contribution in [-0.2, 0) is 14.6 Å². The highest BCUT2D eigenvalue weighted by atomic mass is 35.5. The highest BCUT2D eigenvalue weighted by Gasteiger charge is 2.23. The maximum atomic E-state index is 12.8. The van der Waals surface area contributed by atoms with Gasteiger partial charge in [0.1, 0.15) is 10.8 Å². The number of hydrogen-bond donors (Lipinski definition) is 5. The first-order valence-electron chi connectivity index (χ1n) is 11.3. The monoisotopic (exact) mass is 548 g/mol. The van der Waals surface area contributed by atoms with E-state index in [4.69, 9.17) is 21.4 Å². The number of anilines is 5. The Morgan fingerprint density at radius 2 is 1.89 bits per heavy atom. The summed E-state index contributed by atoms with van der Waals surface area (Å²) in [6.07, 6.45) is 1.39. The summed E-state index contributed by atoms with van der Waals surface area (Å²) >= 11 is 6.30. The first-order valence-corrected chi connectivity index (χ1v) is 13.3. The van der Waals surface area contributed by atoms with Gasteiger partial charge in [0.05, 0.1) is 48.0 Å². The first-order chi connectivity index (χ1) is 17.6. The molecule has 0 aliphatic carbocycles. The zero-order valence-electron chi connectivity index (χ0n) is 20.6. The van der Waals surface area contributed by atoms with E-state index in [0.717, 1.165) is 0 Å². The molecule has 1 amide bonds. The smallest absolute Gasteiger partial charge is 0.238 e. The van der Waals surface area contributed by atoms with Crippen molar-refractivity contribution in [3.63, 3.8) is 0 Å². The molecule has 11 nitrogen and oxygen atoms in total. The third-order valence-electron chi connectivity index (χ3n) is 5.12. The van der Waals surface area contributed by atoms with Crippen molar-refractivity contribution in [1.82, 2.24) is 15.3 Å². The van der Waals surface area contributed by atoms with Gasteiger partial charge in [-0.25, -0.2) is 13.4 Å².